The predicted molar refractivity (Wildman–Crippen MR) is 73.5 cm³/mol. The molecule has 2 heterocycles. The monoisotopic (exact) mass is 253 g/mol. The maximum Gasteiger partial charge on any atom is 0.223 e. The average molecular weight is 253 g/mol. The Morgan fingerprint density at radius 1 is 1.28 bits per heavy atom. The van der Waals surface area contributed by atoms with E-state index < -0.39 is 0 Å². The minimum absolute atomic E-state index is 0.395. The van der Waals surface area contributed by atoms with Crippen LogP contribution in [0.1, 0.15) is 32.1 Å². The zero-order chi connectivity index (χ0) is 13.0. The van der Waals surface area contributed by atoms with Crippen molar-refractivity contribution in [2.24, 2.45) is 5.92 Å². The minimum Gasteiger partial charge on any atom is -0.338 e. The van der Waals surface area contributed by atoms with Gasteiger partial charge in [0.2, 0.25) is 5.91 Å². The third-order valence-electron chi connectivity index (χ3n) is 4.20. The summed E-state index contributed by atoms with van der Waals surface area (Å²) in [6, 6.07) is 0.453. The number of hydrogen-bond acceptors (Lipinski definition) is 3. The molecule has 0 spiro atoms. The van der Waals surface area contributed by atoms with Crippen molar-refractivity contribution in [3.8, 4) is 0 Å². The van der Waals surface area contributed by atoms with Gasteiger partial charge in [-0.3, -0.25) is 4.79 Å². The van der Waals surface area contributed by atoms with Gasteiger partial charge < -0.3 is 15.1 Å². The number of carbonyl (C=O) groups excluding carboxylic acids is 1. The number of hydrogen-bond donors (Lipinski definition) is 1. The van der Waals surface area contributed by atoms with Crippen molar-refractivity contribution in [3.63, 3.8) is 0 Å². The lowest BCUT2D eigenvalue weighted by atomic mass is 9.94. The number of likely N-dealkylation sites (N-methyl/N-ethyl adjacent to an activating group) is 1. The van der Waals surface area contributed by atoms with E-state index in [0.29, 0.717) is 17.9 Å². The molecular formula is C14H27N3O. The highest BCUT2D eigenvalue weighted by Crippen LogP contribution is 2.23. The van der Waals surface area contributed by atoms with Crippen LogP contribution in [0, 0.1) is 5.92 Å². The Hall–Kier alpha value is -0.610. The van der Waals surface area contributed by atoms with E-state index in [1.54, 1.807) is 0 Å². The van der Waals surface area contributed by atoms with Gasteiger partial charge in [-0.15, -0.1) is 0 Å². The van der Waals surface area contributed by atoms with E-state index in [0.717, 1.165) is 45.4 Å². The molecule has 0 saturated carbocycles. The molecule has 2 rings (SSSR count). The van der Waals surface area contributed by atoms with Gasteiger partial charge in [0, 0.05) is 25.6 Å². The molecule has 1 N–H and O–H groups in total. The van der Waals surface area contributed by atoms with Crippen molar-refractivity contribution in [1.82, 2.24) is 15.1 Å². The third kappa shape index (κ3) is 3.69. The van der Waals surface area contributed by atoms with Crippen LogP contribution in [0.3, 0.4) is 0 Å². The summed E-state index contributed by atoms with van der Waals surface area (Å²) >= 11 is 0. The van der Waals surface area contributed by atoms with Crippen molar-refractivity contribution in [2.45, 2.75) is 38.1 Å². The predicted octanol–water partition coefficient (Wildman–Crippen LogP) is 0.929. The number of amides is 1. The maximum absolute atomic E-state index is 12.4. The summed E-state index contributed by atoms with van der Waals surface area (Å²) < 4.78 is 0. The fraction of sp³-hybridized carbons (Fsp3) is 0.929. The first-order valence-electron chi connectivity index (χ1n) is 7.31. The lowest BCUT2D eigenvalue weighted by molar-refractivity contribution is -0.133. The van der Waals surface area contributed by atoms with Crippen molar-refractivity contribution < 1.29 is 4.79 Å². The molecule has 0 aliphatic carbocycles. The van der Waals surface area contributed by atoms with Crippen LogP contribution in [0.5, 0.6) is 0 Å². The molecule has 1 amide bonds. The topological polar surface area (TPSA) is 35.6 Å². The minimum atomic E-state index is 0.395. The lowest BCUT2D eigenvalue weighted by Gasteiger charge is -2.29. The Labute approximate surface area is 111 Å². The Balaban J connectivity index is 1.83. The maximum atomic E-state index is 12.4. The summed E-state index contributed by atoms with van der Waals surface area (Å²) in [5.41, 5.74) is 0. The molecule has 0 aromatic rings. The number of nitrogens with zero attached hydrogens (tertiary/aromatic N) is 2. The largest absolute Gasteiger partial charge is 0.338 e. The molecule has 0 radical (unpaired) electrons. The van der Waals surface area contributed by atoms with E-state index in [1.807, 2.05) is 0 Å². The van der Waals surface area contributed by atoms with Crippen LogP contribution in [-0.2, 0) is 4.79 Å². The average Bonchev–Trinajstić information content (AvgIpc) is 2.77. The number of likely N-dealkylation sites (tertiary alicyclic amines) is 1. The number of rotatable bonds is 4. The standard InChI is InChI=1S/C14H27N3O/c1-16(2)11-13-4-3-9-17(13)14(18)10-12-5-7-15-8-6-12/h12-13,15H,3-11H2,1-2H3. The van der Waals surface area contributed by atoms with Crippen molar-refractivity contribution in [2.75, 3.05) is 40.3 Å². The normalized spacial score (nSPS) is 25.9. The van der Waals surface area contributed by atoms with Gasteiger partial charge in [0.25, 0.3) is 0 Å². The summed E-state index contributed by atoms with van der Waals surface area (Å²) in [6.45, 7) is 4.15. The van der Waals surface area contributed by atoms with Gasteiger partial charge in [-0.25, -0.2) is 0 Å². The fourth-order valence-electron chi connectivity index (χ4n) is 3.23. The van der Waals surface area contributed by atoms with Crippen LogP contribution < -0.4 is 5.32 Å². The summed E-state index contributed by atoms with van der Waals surface area (Å²) in [7, 11) is 4.18. The molecule has 2 fully saturated rings. The zero-order valence-electron chi connectivity index (χ0n) is 11.8. The van der Waals surface area contributed by atoms with E-state index in [-0.39, 0.29) is 0 Å². The van der Waals surface area contributed by atoms with Gasteiger partial charge >= 0.3 is 0 Å². The van der Waals surface area contributed by atoms with Crippen molar-refractivity contribution >= 4 is 5.91 Å². The molecule has 18 heavy (non-hydrogen) atoms. The van der Waals surface area contributed by atoms with Crippen LogP contribution in [0.2, 0.25) is 0 Å². The molecule has 1 atom stereocenters. The molecule has 1 unspecified atom stereocenters. The first-order valence-corrected chi connectivity index (χ1v) is 7.31. The van der Waals surface area contributed by atoms with Gasteiger partial charge in [-0.05, 0) is 58.8 Å². The van der Waals surface area contributed by atoms with Crippen molar-refractivity contribution in [1.29, 1.82) is 0 Å². The van der Waals surface area contributed by atoms with Gasteiger partial charge in [-0.2, -0.15) is 0 Å². The summed E-state index contributed by atoms with van der Waals surface area (Å²) in [4.78, 5) is 16.7. The molecule has 104 valence electrons. The summed E-state index contributed by atoms with van der Waals surface area (Å²) in [5.74, 6) is 1.01. The first kappa shape index (κ1) is 13.8. The Kier molecular flexibility index (Phi) is 5.01. The molecule has 2 saturated heterocycles. The molecule has 2 aliphatic heterocycles. The van der Waals surface area contributed by atoms with Gasteiger partial charge in [-0.1, -0.05) is 0 Å². The van der Waals surface area contributed by atoms with Crippen LogP contribution in [0.25, 0.3) is 0 Å². The lowest BCUT2D eigenvalue weighted by Crippen LogP contribution is -2.42. The smallest absolute Gasteiger partial charge is 0.223 e. The SMILES string of the molecule is CN(C)CC1CCCN1C(=O)CC1CCNCC1. The van der Waals surface area contributed by atoms with E-state index >= 15 is 0 Å². The van der Waals surface area contributed by atoms with Crippen LogP contribution >= 0.6 is 0 Å². The summed E-state index contributed by atoms with van der Waals surface area (Å²) in [5, 5.41) is 3.36. The van der Waals surface area contributed by atoms with Gasteiger partial charge in [0.1, 0.15) is 0 Å². The molecule has 0 aromatic heterocycles. The highest BCUT2D eigenvalue weighted by atomic mass is 16.2. The van der Waals surface area contributed by atoms with E-state index in [1.165, 1.54) is 12.8 Å². The number of nitrogens with one attached hydrogen (secondary N) is 1. The molecule has 4 heteroatoms. The van der Waals surface area contributed by atoms with E-state index in [2.05, 4.69) is 29.2 Å². The van der Waals surface area contributed by atoms with Gasteiger partial charge in [0.05, 0.1) is 0 Å². The molecule has 0 aromatic carbocycles. The number of piperidine rings is 1. The van der Waals surface area contributed by atoms with E-state index in [9.17, 15) is 4.79 Å². The molecule has 2 aliphatic rings. The molecule has 0 bridgehead atoms. The highest BCUT2D eigenvalue weighted by molar-refractivity contribution is 5.77. The number of carbonyl (C=O) groups is 1. The first-order chi connectivity index (χ1) is 8.66. The van der Waals surface area contributed by atoms with Gasteiger partial charge in [0.15, 0.2) is 0 Å². The van der Waals surface area contributed by atoms with E-state index in [4.69, 9.17) is 0 Å². The fourth-order valence-corrected chi connectivity index (χ4v) is 3.23. The Morgan fingerprint density at radius 2 is 2.00 bits per heavy atom. The Morgan fingerprint density at radius 3 is 2.67 bits per heavy atom. The second-order valence-corrected chi connectivity index (χ2v) is 6.04. The highest BCUT2D eigenvalue weighted by Gasteiger charge is 2.30. The second-order valence-electron chi connectivity index (χ2n) is 6.04. The quantitative estimate of drug-likeness (QED) is 0.809. The van der Waals surface area contributed by atoms with Crippen LogP contribution in [-0.4, -0.2) is 62.0 Å². The second kappa shape index (κ2) is 6.53. The zero-order valence-corrected chi connectivity index (χ0v) is 11.8. The van der Waals surface area contributed by atoms with Crippen LogP contribution in [0.4, 0.5) is 0 Å². The third-order valence-corrected chi connectivity index (χ3v) is 4.20. The van der Waals surface area contributed by atoms with Crippen LogP contribution in [0.15, 0.2) is 0 Å². The molecular weight excluding hydrogens is 226 g/mol. The molecule has 4 nitrogen and oxygen atoms in total. The summed E-state index contributed by atoms with van der Waals surface area (Å²) in [6.07, 6.45) is 5.45. The Bertz CT molecular complexity index is 274. The van der Waals surface area contributed by atoms with Crippen molar-refractivity contribution in [3.05, 3.63) is 0 Å².